The minimum Gasteiger partial charge on any atom is -0.491 e. The number of nitrogens with zero attached hydrogens (tertiary/aromatic N) is 1. The topological polar surface area (TPSA) is 61.8 Å². The highest BCUT2D eigenvalue weighted by molar-refractivity contribution is 5.79. The molecule has 0 aromatic heterocycles. The second-order valence-corrected chi connectivity index (χ2v) is 8.69. The van der Waals surface area contributed by atoms with E-state index in [0.29, 0.717) is 12.5 Å². The molecule has 28 heavy (non-hydrogen) atoms. The van der Waals surface area contributed by atoms with Gasteiger partial charge < -0.3 is 20.1 Å². The van der Waals surface area contributed by atoms with Gasteiger partial charge in [-0.15, -0.1) is 0 Å². The van der Waals surface area contributed by atoms with Gasteiger partial charge in [-0.1, -0.05) is 25.3 Å². The number of aliphatic hydroxyl groups excluding tert-OH is 1. The number of fused-ring (bicyclic) bond motifs is 1. The molecule has 2 atom stereocenters. The highest BCUT2D eigenvalue weighted by Crippen LogP contribution is 2.43. The summed E-state index contributed by atoms with van der Waals surface area (Å²) in [6.45, 7) is 7.31. The first-order valence-corrected chi connectivity index (χ1v) is 10.9. The molecule has 0 bridgehead atoms. The first-order valence-electron chi connectivity index (χ1n) is 10.9. The summed E-state index contributed by atoms with van der Waals surface area (Å²) in [5.41, 5.74) is 2.63. The Labute approximate surface area is 169 Å². The molecule has 1 saturated carbocycles. The molecular weight excluding hydrogens is 352 g/mol. The maximum absolute atomic E-state index is 13.1. The maximum Gasteiger partial charge on any atom is 0.237 e. The molecule has 2 N–H and O–H groups in total. The molecule has 1 heterocycles. The smallest absolute Gasteiger partial charge is 0.237 e. The van der Waals surface area contributed by atoms with Crippen molar-refractivity contribution >= 4 is 5.91 Å². The SMILES string of the molecule is CC(C)Oc1ccc2c(c1)C(C1CCCCC1)N(C(=O)CNC[C@@H](C)O)CC2. The monoisotopic (exact) mass is 388 g/mol. The molecule has 1 unspecified atom stereocenters. The number of hydrogen-bond donors (Lipinski definition) is 2. The van der Waals surface area contributed by atoms with Crippen LogP contribution in [0.15, 0.2) is 18.2 Å². The Balaban J connectivity index is 1.85. The summed E-state index contributed by atoms with van der Waals surface area (Å²) in [7, 11) is 0. The molecule has 5 nitrogen and oxygen atoms in total. The quantitative estimate of drug-likeness (QED) is 0.751. The predicted molar refractivity (Wildman–Crippen MR) is 111 cm³/mol. The predicted octanol–water partition coefficient (Wildman–Crippen LogP) is 3.45. The van der Waals surface area contributed by atoms with E-state index in [2.05, 4.69) is 28.4 Å². The molecule has 156 valence electrons. The molecule has 1 aliphatic heterocycles. The Kier molecular flexibility index (Phi) is 7.36. The Morgan fingerprint density at radius 3 is 2.68 bits per heavy atom. The van der Waals surface area contributed by atoms with Crippen LogP contribution in [0.1, 0.15) is 70.0 Å². The molecule has 1 aromatic rings. The van der Waals surface area contributed by atoms with Crippen LogP contribution in [0.5, 0.6) is 5.75 Å². The zero-order chi connectivity index (χ0) is 20.1. The van der Waals surface area contributed by atoms with Gasteiger partial charge in [0, 0.05) is 13.1 Å². The van der Waals surface area contributed by atoms with Crippen molar-refractivity contribution in [1.82, 2.24) is 10.2 Å². The van der Waals surface area contributed by atoms with Crippen LogP contribution in [0.4, 0.5) is 0 Å². The van der Waals surface area contributed by atoms with Gasteiger partial charge >= 0.3 is 0 Å². The van der Waals surface area contributed by atoms with E-state index in [1.165, 1.54) is 43.2 Å². The van der Waals surface area contributed by atoms with Crippen LogP contribution in [0.25, 0.3) is 0 Å². The van der Waals surface area contributed by atoms with E-state index in [1.54, 1.807) is 6.92 Å². The molecule has 1 aliphatic carbocycles. The summed E-state index contributed by atoms with van der Waals surface area (Å²) >= 11 is 0. The first kappa shape index (κ1) is 21.1. The fraction of sp³-hybridized carbons (Fsp3) is 0.696. The largest absolute Gasteiger partial charge is 0.491 e. The van der Waals surface area contributed by atoms with Crippen LogP contribution in [0, 0.1) is 5.92 Å². The molecule has 1 amide bonds. The molecule has 2 aliphatic rings. The minimum absolute atomic E-state index is 0.136. The third-order valence-electron chi connectivity index (χ3n) is 5.90. The molecule has 5 heteroatoms. The van der Waals surface area contributed by atoms with Crippen LogP contribution >= 0.6 is 0 Å². The van der Waals surface area contributed by atoms with E-state index < -0.39 is 6.10 Å². The number of amides is 1. The number of carbonyl (C=O) groups is 1. The lowest BCUT2D eigenvalue weighted by Crippen LogP contribution is -2.47. The summed E-state index contributed by atoms with van der Waals surface area (Å²) in [4.78, 5) is 15.1. The van der Waals surface area contributed by atoms with Crippen LogP contribution in [-0.2, 0) is 11.2 Å². The number of benzene rings is 1. The van der Waals surface area contributed by atoms with Crippen LogP contribution < -0.4 is 10.1 Å². The normalized spacial score (nSPS) is 21.5. The average Bonchev–Trinajstić information content (AvgIpc) is 2.66. The van der Waals surface area contributed by atoms with E-state index in [-0.39, 0.29) is 24.6 Å². The van der Waals surface area contributed by atoms with Crippen molar-refractivity contribution in [3.8, 4) is 5.75 Å². The summed E-state index contributed by atoms with van der Waals surface area (Å²) in [6, 6.07) is 6.58. The summed E-state index contributed by atoms with van der Waals surface area (Å²) in [5.74, 6) is 1.55. The highest BCUT2D eigenvalue weighted by Gasteiger charge is 2.36. The third-order valence-corrected chi connectivity index (χ3v) is 5.90. The van der Waals surface area contributed by atoms with Crippen molar-refractivity contribution in [3.05, 3.63) is 29.3 Å². The van der Waals surface area contributed by atoms with Gasteiger partial charge in [0.2, 0.25) is 5.91 Å². The summed E-state index contributed by atoms with van der Waals surface area (Å²) in [5, 5.41) is 12.6. The molecule has 3 rings (SSSR count). The number of aliphatic hydroxyl groups is 1. The van der Waals surface area contributed by atoms with E-state index in [0.717, 1.165) is 18.7 Å². The van der Waals surface area contributed by atoms with Gasteiger partial charge in [0.1, 0.15) is 5.75 Å². The van der Waals surface area contributed by atoms with E-state index >= 15 is 0 Å². The van der Waals surface area contributed by atoms with Crippen molar-refractivity contribution in [1.29, 1.82) is 0 Å². The fourth-order valence-electron chi connectivity index (χ4n) is 4.70. The Morgan fingerprint density at radius 2 is 2.00 bits per heavy atom. The van der Waals surface area contributed by atoms with Gasteiger partial charge in [-0.2, -0.15) is 0 Å². The van der Waals surface area contributed by atoms with Crippen LogP contribution in [0.3, 0.4) is 0 Å². The summed E-state index contributed by atoms with van der Waals surface area (Å²) in [6.07, 6.45) is 6.76. The number of nitrogens with one attached hydrogen (secondary N) is 1. The van der Waals surface area contributed by atoms with Gasteiger partial charge in [-0.25, -0.2) is 0 Å². The summed E-state index contributed by atoms with van der Waals surface area (Å²) < 4.78 is 5.96. The van der Waals surface area contributed by atoms with Gasteiger partial charge in [0.05, 0.1) is 24.8 Å². The molecule has 0 saturated heterocycles. The Morgan fingerprint density at radius 1 is 1.25 bits per heavy atom. The van der Waals surface area contributed by atoms with E-state index in [4.69, 9.17) is 4.74 Å². The highest BCUT2D eigenvalue weighted by atomic mass is 16.5. The molecule has 1 fully saturated rings. The standard InChI is InChI=1S/C23H36N2O3/c1-16(2)28-20-10-9-18-11-12-25(22(27)15-24-14-17(3)26)23(21(18)13-20)19-7-5-4-6-8-19/h9-10,13,16-17,19,23-24,26H,4-8,11-12,14-15H2,1-3H3/t17-,23?/m1/s1. The van der Waals surface area contributed by atoms with Gasteiger partial charge in [0.15, 0.2) is 0 Å². The third kappa shape index (κ3) is 5.26. The molecule has 1 aromatic carbocycles. The number of ether oxygens (including phenoxy) is 1. The van der Waals surface area contributed by atoms with Gasteiger partial charge in [-0.3, -0.25) is 4.79 Å². The lowest BCUT2D eigenvalue weighted by Gasteiger charge is -2.43. The number of hydrogen-bond acceptors (Lipinski definition) is 4. The lowest BCUT2D eigenvalue weighted by molar-refractivity contribution is -0.134. The van der Waals surface area contributed by atoms with Crippen molar-refractivity contribution in [2.75, 3.05) is 19.6 Å². The number of carbonyl (C=O) groups excluding carboxylic acids is 1. The van der Waals surface area contributed by atoms with Crippen molar-refractivity contribution in [2.24, 2.45) is 5.92 Å². The second-order valence-electron chi connectivity index (χ2n) is 8.69. The zero-order valence-electron chi connectivity index (χ0n) is 17.6. The van der Waals surface area contributed by atoms with Crippen molar-refractivity contribution < 1.29 is 14.6 Å². The fourth-order valence-corrected chi connectivity index (χ4v) is 4.70. The van der Waals surface area contributed by atoms with Crippen LogP contribution in [0.2, 0.25) is 0 Å². The van der Waals surface area contributed by atoms with Gasteiger partial charge in [0.25, 0.3) is 0 Å². The van der Waals surface area contributed by atoms with Crippen molar-refractivity contribution in [2.45, 2.75) is 77.5 Å². The Bertz CT molecular complexity index is 653. The van der Waals surface area contributed by atoms with Crippen molar-refractivity contribution in [3.63, 3.8) is 0 Å². The van der Waals surface area contributed by atoms with E-state index in [9.17, 15) is 9.90 Å². The van der Waals surface area contributed by atoms with Crippen LogP contribution in [-0.4, -0.2) is 47.8 Å². The lowest BCUT2D eigenvalue weighted by atomic mass is 9.77. The average molecular weight is 389 g/mol. The van der Waals surface area contributed by atoms with E-state index in [1.807, 2.05) is 13.8 Å². The molecular formula is C23H36N2O3. The Hall–Kier alpha value is -1.59. The maximum atomic E-state index is 13.1. The molecule has 0 spiro atoms. The first-order chi connectivity index (χ1) is 13.5. The van der Waals surface area contributed by atoms with Gasteiger partial charge in [-0.05, 0) is 69.2 Å². The minimum atomic E-state index is -0.445. The molecule has 0 radical (unpaired) electrons. The number of rotatable bonds is 7. The second kappa shape index (κ2) is 9.75. The zero-order valence-corrected chi connectivity index (χ0v) is 17.6.